The molecule has 0 atom stereocenters. The van der Waals surface area contributed by atoms with Crippen molar-refractivity contribution in [3.05, 3.63) is 42.4 Å². The second-order valence-corrected chi connectivity index (χ2v) is 5.98. The van der Waals surface area contributed by atoms with Crippen LogP contribution in [0, 0.1) is 6.92 Å². The Hall–Kier alpha value is -2.81. The molecule has 0 bridgehead atoms. The van der Waals surface area contributed by atoms with Crippen LogP contribution in [0.3, 0.4) is 0 Å². The number of thioether (sulfide) groups is 1. The summed E-state index contributed by atoms with van der Waals surface area (Å²) in [6.45, 7) is 1.89. The van der Waals surface area contributed by atoms with Gasteiger partial charge in [-0.1, -0.05) is 16.9 Å². The van der Waals surface area contributed by atoms with E-state index in [1.165, 1.54) is 11.8 Å². The molecule has 9 heteroatoms. The monoisotopic (exact) mass is 343 g/mol. The third-order valence-electron chi connectivity index (χ3n) is 3.47. The van der Waals surface area contributed by atoms with Crippen LogP contribution in [0.5, 0.6) is 0 Å². The third kappa shape index (κ3) is 2.62. The molecule has 8 nitrogen and oxygen atoms in total. The number of furan rings is 2. The maximum atomic E-state index is 5.32. The van der Waals surface area contributed by atoms with E-state index in [1.807, 2.05) is 24.6 Å². The molecule has 4 heterocycles. The van der Waals surface area contributed by atoms with Gasteiger partial charge < -0.3 is 17.9 Å². The highest BCUT2D eigenvalue weighted by atomic mass is 32.2. The van der Waals surface area contributed by atoms with Crippen LogP contribution in [0.2, 0.25) is 0 Å². The van der Waals surface area contributed by atoms with Gasteiger partial charge in [-0.3, -0.25) is 0 Å². The lowest BCUT2D eigenvalue weighted by atomic mass is 10.2. The SMILES string of the molecule is Cc1occc1-c1nnc(SCc2nc(-c3ccco3)no2)n1C. The van der Waals surface area contributed by atoms with Gasteiger partial charge in [0, 0.05) is 7.05 Å². The highest BCUT2D eigenvalue weighted by Crippen LogP contribution is 2.27. The van der Waals surface area contributed by atoms with Crippen LogP contribution in [-0.4, -0.2) is 24.9 Å². The average Bonchev–Trinajstić information content (AvgIpc) is 3.33. The minimum absolute atomic E-state index is 0.434. The maximum absolute atomic E-state index is 5.32. The predicted molar refractivity (Wildman–Crippen MR) is 85.0 cm³/mol. The second kappa shape index (κ2) is 6.00. The molecule has 0 fully saturated rings. The molecule has 0 aromatic carbocycles. The molecule has 0 saturated carbocycles. The summed E-state index contributed by atoms with van der Waals surface area (Å²) in [5.41, 5.74) is 0.926. The van der Waals surface area contributed by atoms with Gasteiger partial charge in [-0.2, -0.15) is 4.98 Å². The molecular formula is C15H13N5O3S. The first-order valence-corrected chi connectivity index (χ1v) is 8.14. The normalized spacial score (nSPS) is 11.2. The minimum atomic E-state index is 0.434. The molecule has 0 radical (unpaired) electrons. The summed E-state index contributed by atoms with van der Waals surface area (Å²) < 4.78 is 17.7. The molecule has 24 heavy (non-hydrogen) atoms. The van der Waals surface area contributed by atoms with E-state index in [-0.39, 0.29) is 0 Å². The lowest BCUT2D eigenvalue weighted by Gasteiger charge is -2.01. The summed E-state index contributed by atoms with van der Waals surface area (Å²) in [4.78, 5) is 4.30. The molecule has 0 spiro atoms. The van der Waals surface area contributed by atoms with Crippen LogP contribution in [0.4, 0.5) is 0 Å². The predicted octanol–water partition coefficient (Wildman–Crippen LogP) is 3.32. The highest BCUT2D eigenvalue weighted by Gasteiger charge is 2.16. The van der Waals surface area contributed by atoms with Gasteiger partial charge in [0.15, 0.2) is 16.7 Å². The first-order chi connectivity index (χ1) is 11.7. The maximum Gasteiger partial charge on any atom is 0.238 e. The van der Waals surface area contributed by atoms with Gasteiger partial charge in [0.2, 0.25) is 11.7 Å². The fourth-order valence-electron chi connectivity index (χ4n) is 2.24. The van der Waals surface area contributed by atoms with Gasteiger partial charge in [0.1, 0.15) is 5.76 Å². The average molecular weight is 343 g/mol. The molecule has 4 rings (SSSR count). The highest BCUT2D eigenvalue weighted by molar-refractivity contribution is 7.98. The minimum Gasteiger partial charge on any atom is -0.469 e. The van der Waals surface area contributed by atoms with Crippen molar-refractivity contribution in [3.8, 4) is 23.0 Å². The fraction of sp³-hybridized carbons (Fsp3) is 0.200. The standard InChI is InChI=1S/C15H13N5O3S/c1-9-10(5-7-21-9)14-17-18-15(20(14)2)24-8-12-16-13(19-23-12)11-4-3-6-22-11/h3-7H,8H2,1-2H3. The Labute approximate surface area is 140 Å². The molecule has 0 unspecified atom stereocenters. The lowest BCUT2D eigenvalue weighted by molar-refractivity contribution is 0.390. The van der Waals surface area contributed by atoms with Crippen molar-refractivity contribution in [1.29, 1.82) is 0 Å². The molecule has 4 aromatic heterocycles. The van der Waals surface area contributed by atoms with Gasteiger partial charge in [-0.15, -0.1) is 10.2 Å². The van der Waals surface area contributed by atoms with Crippen molar-refractivity contribution in [2.45, 2.75) is 17.8 Å². The van der Waals surface area contributed by atoms with Crippen LogP contribution >= 0.6 is 11.8 Å². The Morgan fingerprint density at radius 1 is 1.17 bits per heavy atom. The van der Waals surface area contributed by atoms with E-state index in [4.69, 9.17) is 13.4 Å². The molecule has 0 amide bonds. The van der Waals surface area contributed by atoms with Crippen LogP contribution in [-0.2, 0) is 12.8 Å². The Balaban J connectivity index is 1.49. The largest absolute Gasteiger partial charge is 0.469 e. The van der Waals surface area contributed by atoms with Gasteiger partial charge in [0.05, 0.1) is 23.8 Å². The summed E-state index contributed by atoms with van der Waals surface area (Å²) in [5, 5.41) is 13.1. The topological polar surface area (TPSA) is 95.9 Å². The number of rotatable bonds is 5. The quantitative estimate of drug-likeness (QED) is 0.509. The van der Waals surface area contributed by atoms with Crippen molar-refractivity contribution >= 4 is 11.8 Å². The van der Waals surface area contributed by atoms with E-state index in [2.05, 4.69) is 20.3 Å². The van der Waals surface area contributed by atoms with E-state index in [9.17, 15) is 0 Å². The summed E-state index contributed by atoms with van der Waals surface area (Å²) in [5.74, 6) is 3.56. The van der Waals surface area contributed by atoms with Crippen molar-refractivity contribution in [3.63, 3.8) is 0 Å². The molecule has 122 valence electrons. The zero-order valence-electron chi connectivity index (χ0n) is 13.0. The van der Waals surface area contributed by atoms with Gasteiger partial charge in [-0.05, 0) is 25.1 Å². The van der Waals surface area contributed by atoms with Crippen molar-refractivity contribution in [2.75, 3.05) is 0 Å². The summed E-state index contributed by atoms with van der Waals surface area (Å²) in [7, 11) is 1.91. The van der Waals surface area contributed by atoms with E-state index in [0.717, 1.165) is 22.3 Å². The van der Waals surface area contributed by atoms with Crippen LogP contribution in [0.15, 0.2) is 49.2 Å². The van der Waals surface area contributed by atoms with E-state index in [1.54, 1.807) is 24.7 Å². The van der Waals surface area contributed by atoms with Crippen LogP contribution in [0.25, 0.3) is 23.0 Å². The lowest BCUT2D eigenvalue weighted by Crippen LogP contribution is -1.95. The zero-order chi connectivity index (χ0) is 16.5. The molecule has 0 aliphatic rings. The number of aryl methyl sites for hydroxylation is 1. The summed E-state index contributed by atoms with van der Waals surface area (Å²) in [6.07, 6.45) is 3.21. The summed E-state index contributed by atoms with van der Waals surface area (Å²) in [6, 6.07) is 5.43. The van der Waals surface area contributed by atoms with Gasteiger partial charge >= 0.3 is 0 Å². The molecule has 0 saturated heterocycles. The van der Waals surface area contributed by atoms with Gasteiger partial charge in [0.25, 0.3) is 0 Å². The Morgan fingerprint density at radius 2 is 2.08 bits per heavy atom. The van der Waals surface area contributed by atoms with E-state index >= 15 is 0 Å². The van der Waals surface area contributed by atoms with Crippen LogP contribution in [0.1, 0.15) is 11.7 Å². The molecule has 4 aromatic rings. The van der Waals surface area contributed by atoms with Crippen molar-refractivity contribution in [1.82, 2.24) is 24.9 Å². The fourth-order valence-corrected chi connectivity index (χ4v) is 2.99. The Kier molecular flexibility index (Phi) is 3.69. The zero-order valence-corrected chi connectivity index (χ0v) is 13.8. The summed E-state index contributed by atoms with van der Waals surface area (Å²) >= 11 is 1.47. The Morgan fingerprint density at radius 3 is 2.83 bits per heavy atom. The number of hydrogen-bond donors (Lipinski definition) is 0. The number of aromatic nitrogens is 5. The van der Waals surface area contributed by atoms with Gasteiger partial charge in [-0.25, -0.2) is 0 Å². The first kappa shape index (κ1) is 14.8. The number of nitrogens with zero attached hydrogens (tertiary/aromatic N) is 5. The number of hydrogen-bond acceptors (Lipinski definition) is 8. The third-order valence-corrected chi connectivity index (χ3v) is 4.47. The second-order valence-electron chi connectivity index (χ2n) is 5.03. The first-order valence-electron chi connectivity index (χ1n) is 7.15. The van der Waals surface area contributed by atoms with Crippen molar-refractivity contribution in [2.24, 2.45) is 7.05 Å². The molecule has 0 aliphatic heterocycles. The molecular weight excluding hydrogens is 330 g/mol. The molecule has 0 aliphatic carbocycles. The van der Waals surface area contributed by atoms with E-state index < -0.39 is 0 Å². The Bertz CT molecular complexity index is 954. The smallest absolute Gasteiger partial charge is 0.238 e. The van der Waals surface area contributed by atoms with Crippen LogP contribution < -0.4 is 0 Å². The molecule has 0 N–H and O–H groups in total. The van der Waals surface area contributed by atoms with E-state index in [0.29, 0.717) is 23.2 Å². The van der Waals surface area contributed by atoms with Crippen molar-refractivity contribution < 1.29 is 13.4 Å².